The number of H-pyrrole nitrogens is 1. The van der Waals surface area contributed by atoms with Crippen LogP contribution in [0.1, 0.15) is 51.3 Å². The predicted octanol–water partition coefficient (Wildman–Crippen LogP) is 3.66. The minimum Gasteiger partial charge on any atom is -0.381 e. The number of hydrogen-bond donors (Lipinski definition) is 1. The highest BCUT2D eigenvalue weighted by Gasteiger charge is 2.24. The van der Waals surface area contributed by atoms with Crippen molar-refractivity contribution < 1.29 is 4.74 Å². The Bertz CT molecular complexity index is 415. The van der Waals surface area contributed by atoms with Crippen LogP contribution in [0.15, 0.2) is 6.20 Å². The van der Waals surface area contributed by atoms with Crippen molar-refractivity contribution in [3.8, 4) is 0 Å². The zero-order valence-electron chi connectivity index (χ0n) is 10.9. The summed E-state index contributed by atoms with van der Waals surface area (Å²) in [5.41, 5.74) is 1.31. The third kappa shape index (κ3) is 2.63. The average Bonchev–Trinajstić information content (AvgIpc) is 2.71. The van der Waals surface area contributed by atoms with Gasteiger partial charge in [-0.1, -0.05) is 13.8 Å². The van der Waals surface area contributed by atoms with Gasteiger partial charge in [0.05, 0.1) is 0 Å². The van der Waals surface area contributed by atoms with E-state index in [0.717, 1.165) is 30.8 Å². The van der Waals surface area contributed by atoms with Gasteiger partial charge in [0.25, 0.3) is 0 Å². The molecule has 2 heterocycles. The molecule has 3 nitrogen and oxygen atoms in total. The van der Waals surface area contributed by atoms with Gasteiger partial charge in [-0.15, -0.1) is 0 Å². The van der Waals surface area contributed by atoms with E-state index in [0.29, 0.717) is 17.9 Å². The van der Waals surface area contributed by atoms with Gasteiger partial charge in [0.15, 0.2) is 4.77 Å². The van der Waals surface area contributed by atoms with Crippen LogP contribution in [0.25, 0.3) is 0 Å². The molecule has 96 valence electrons. The molecule has 1 saturated heterocycles. The van der Waals surface area contributed by atoms with E-state index in [2.05, 4.69) is 36.5 Å². The highest BCUT2D eigenvalue weighted by atomic mass is 32.1. The Balaban J connectivity index is 2.25. The van der Waals surface area contributed by atoms with Gasteiger partial charge < -0.3 is 14.3 Å². The quantitative estimate of drug-likeness (QED) is 0.834. The lowest BCUT2D eigenvalue weighted by Gasteiger charge is -2.30. The molecule has 0 bridgehead atoms. The van der Waals surface area contributed by atoms with Gasteiger partial charge in [0, 0.05) is 31.1 Å². The summed E-state index contributed by atoms with van der Waals surface area (Å²) in [6, 6.07) is 0.468. The second-order valence-electron chi connectivity index (χ2n) is 5.23. The summed E-state index contributed by atoms with van der Waals surface area (Å²) < 4.78 is 8.59. The number of rotatable bonds is 3. The lowest BCUT2D eigenvalue weighted by atomic mass is 9.92. The summed E-state index contributed by atoms with van der Waals surface area (Å²) in [5, 5.41) is 0. The third-order valence-corrected chi connectivity index (χ3v) is 4.10. The maximum absolute atomic E-state index is 5.43. The normalized spacial score (nSPS) is 19.8. The van der Waals surface area contributed by atoms with Gasteiger partial charge in [0.1, 0.15) is 0 Å². The molecular weight excluding hydrogens is 232 g/mol. The molecule has 1 aromatic heterocycles. The summed E-state index contributed by atoms with van der Waals surface area (Å²) >= 11 is 5.41. The van der Waals surface area contributed by atoms with Gasteiger partial charge in [-0.25, -0.2) is 0 Å². The molecule has 2 rings (SSSR count). The van der Waals surface area contributed by atoms with Crippen LogP contribution in [0.5, 0.6) is 0 Å². The molecule has 1 aliphatic heterocycles. The Hall–Kier alpha value is -0.610. The Kier molecular flexibility index (Phi) is 4.05. The van der Waals surface area contributed by atoms with E-state index < -0.39 is 0 Å². The molecule has 1 unspecified atom stereocenters. The fourth-order valence-electron chi connectivity index (χ4n) is 2.67. The molecule has 0 amide bonds. The summed E-state index contributed by atoms with van der Waals surface area (Å²) in [6.45, 7) is 8.50. The smallest absolute Gasteiger partial charge is 0.177 e. The van der Waals surface area contributed by atoms with E-state index in [1.54, 1.807) is 0 Å². The van der Waals surface area contributed by atoms with Crippen molar-refractivity contribution in [2.75, 3.05) is 13.2 Å². The molecule has 1 aliphatic rings. The van der Waals surface area contributed by atoms with E-state index >= 15 is 0 Å². The first-order chi connectivity index (χ1) is 8.11. The molecule has 0 radical (unpaired) electrons. The van der Waals surface area contributed by atoms with Gasteiger partial charge >= 0.3 is 0 Å². The molecule has 1 atom stereocenters. The minimum atomic E-state index is 0.468. The zero-order valence-corrected chi connectivity index (χ0v) is 11.7. The molecule has 1 aromatic rings. The van der Waals surface area contributed by atoms with Crippen molar-refractivity contribution in [2.45, 2.75) is 45.6 Å². The van der Waals surface area contributed by atoms with Gasteiger partial charge in [-0.3, -0.25) is 0 Å². The first-order valence-electron chi connectivity index (χ1n) is 6.48. The van der Waals surface area contributed by atoms with Crippen LogP contribution in [-0.4, -0.2) is 22.8 Å². The molecule has 0 aromatic carbocycles. The number of imidazole rings is 1. The monoisotopic (exact) mass is 254 g/mol. The lowest BCUT2D eigenvalue weighted by molar-refractivity contribution is 0.0507. The molecular formula is C13H22N2OS. The van der Waals surface area contributed by atoms with Gasteiger partial charge in [0.2, 0.25) is 0 Å². The first kappa shape index (κ1) is 12.8. The molecule has 4 heteroatoms. The lowest BCUT2D eigenvalue weighted by Crippen LogP contribution is -2.25. The van der Waals surface area contributed by atoms with Crippen molar-refractivity contribution in [3.05, 3.63) is 16.7 Å². The Morgan fingerprint density at radius 3 is 2.59 bits per heavy atom. The number of nitrogens with one attached hydrogen (secondary N) is 1. The topological polar surface area (TPSA) is 29.9 Å². The third-order valence-electron chi connectivity index (χ3n) is 3.79. The molecule has 0 saturated carbocycles. The van der Waals surface area contributed by atoms with E-state index in [4.69, 9.17) is 17.0 Å². The van der Waals surface area contributed by atoms with Crippen LogP contribution in [0.2, 0.25) is 0 Å². The van der Waals surface area contributed by atoms with Gasteiger partial charge in [-0.05, 0) is 43.8 Å². The fourth-order valence-corrected chi connectivity index (χ4v) is 3.00. The van der Waals surface area contributed by atoms with E-state index in [1.165, 1.54) is 5.69 Å². The number of hydrogen-bond acceptors (Lipinski definition) is 2. The summed E-state index contributed by atoms with van der Waals surface area (Å²) in [6.07, 6.45) is 4.35. The largest absolute Gasteiger partial charge is 0.381 e. The van der Waals surface area contributed by atoms with Crippen molar-refractivity contribution >= 4 is 12.2 Å². The second-order valence-corrected chi connectivity index (χ2v) is 5.62. The molecule has 17 heavy (non-hydrogen) atoms. The predicted molar refractivity (Wildman–Crippen MR) is 72.0 cm³/mol. The summed E-state index contributed by atoms with van der Waals surface area (Å²) in [5.74, 6) is 1.19. The highest BCUT2D eigenvalue weighted by Crippen LogP contribution is 2.30. The van der Waals surface area contributed by atoms with Crippen LogP contribution < -0.4 is 0 Å². The minimum absolute atomic E-state index is 0.468. The molecule has 1 N–H and O–H groups in total. The second kappa shape index (κ2) is 5.36. The molecule has 0 spiro atoms. The highest BCUT2D eigenvalue weighted by molar-refractivity contribution is 7.71. The maximum Gasteiger partial charge on any atom is 0.177 e. The van der Waals surface area contributed by atoms with Crippen molar-refractivity contribution in [2.24, 2.45) is 5.92 Å². The Morgan fingerprint density at radius 1 is 1.35 bits per heavy atom. The van der Waals surface area contributed by atoms with Crippen LogP contribution in [0.4, 0.5) is 0 Å². The average molecular weight is 254 g/mol. The number of aromatic nitrogens is 2. The standard InChI is InChI=1S/C13H22N2OS/c1-9(2)12-8-14-13(17)15(12)10(3)11-4-6-16-7-5-11/h8-11H,4-7H2,1-3H3,(H,14,17). The summed E-state index contributed by atoms with van der Waals surface area (Å²) in [7, 11) is 0. The number of ether oxygens (including phenoxy) is 1. The van der Waals surface area contributed by atoms with Gasteiger partial charge in [-0.2, -0.15) is 0 Å². The first-order valence-corrected chi connectivity index (χ1v) is 6.89. The Morgan fingerprint density at radius 2 is 2.00 bits per heavy atom. The summed E-state index contributed by atoms with van der Waals surface area (Å²) in [4.78, 5) is 3.19. The maximum atomic E-state index is 5.43. The van der Waals surface area contributed by atoms with Crippen LogP contribution in [-0.2, 0) is 4.74 Å². The van der Waals surface area contributed by atoms with E-state index in [-0.39, 0.29) is 0 Å². The van der Waals surface area contributed by atoms with E-state index in [9.17, 15) is 0 Å². The fraction of sp³-hybridized carbons (Fsp3) is 0.769. The van der Waals surface area contributed by atoms with Crippen molar-refractivity contribution in [3.63, 3.8) is 0 Å². The number of aromatic amines is 1. The van der Waals surface area contributed by atoms with Crippen molar-refractivity contribution in [1.29, 1.82) is 0 Å². The number of nitrogens with zero attached hydrogens (tertiary/aromatic N) is 1. The van der Waals surface area contributed by atoms with Crippen LogP contribution >= 0.6 is 12.2 Å². The SMILES string of the molecule is CC(C)c1c[nH]c(=S)n1C(C)C1CCOCC1. The Labute approximate surface area is 108 Å². The van der Waals surface area contributed by atoms with Crippen molar-refractivity contribution in [1.82, 2.24) is 9.55 Å². The molecule has 1 fully saturated rings. The van der Waals surface area contributed by atoms with Crippen LogP contribution in [0.3, 0.4) is 0 Å². The zero-order chi connectivity index (χ0) is 12.4. The van der Waals surface area contributed by atoms with E-state index in [1.807, 2.05) is 0 Å². The molecule has 0 aliphatic carbocycles. The van der Waals surface area contributed by atoms with Crippen LogP contribution in [0, 0.1) is 10.7 Å².